The van der Waals surface area contributed by atoms with Crippen molar-refractivity contribution in [1.82, 2.24) is 4.57 Å². The highest BCUT2D eigenvalue weighted by Crippen LogP contribution is 2.23. The van der Waals surface area contributed by atoms with E-state index in [0.717, 1.165) is 21.3 Å². The molecular formula is C19H17FN2O3S. The summed E-state index contributed by atoms with van der Waals surface area (Å²) >= 11 is 1.28. The molecule has 134 valence electrons. The van der Waals surface area contributed by atoms with Crippen LogP contribution < -0.4 is 4.80 Å². The molecule has 3 aromatic rings. The van der Waals surface area contributed by atoms with E-state index in [1.165, 1.54) is 36.6 Å². The monoisotopic (exact) mass is 372 g/mol. The lowest BCUT2D eigenvalue weighted by molar-refractivity contribution is -0.141. The van der Waals surface area contributed by atoms with Gasteiger partial charge in [0.1, 0.15) is 12.4 Å². The minimum Gasteiger partial charge on any atom is -0.468 e. The number of hydrogen-bond acceptors (Lipinski definition) is 4. The first-order valence-corrected chi connectivity index (χ1v) is 8.73. The van der Waals surface area contributed by atoms with Crippen molar-refractivity contribution in [3.8, 4) is 0 Å². The van der Waals surface area contributed by atoms with E-state index in [4.69, 9.17) is 4.74 Å². The third-order valence-electron chi connectivity index (χ3n) is 3.93. The number of methoxy groups -OCH3 is 1. The van der Waals surface area contributed by atoms with Crippen molar-refractivity contribution in [2.45, 2.75) is 20.4 Å². The number of thiazole rings is 1. The van der Waals surface area contributed by atoms with Crippen LogP contribution in [-0.4, -0.2) is 23.6 Å². The van der Waals surface area contributed by atoms with Gasteiger partial charge in [-0.3, -0.25) is 9.59 Å². The summed E-state index contributed by atoms with van der Waals surface area (Å²) in [5.74, 6) is -1.78. The van der Waals surface area contributed by atoms with Crippen LogP contribution in [0.15, 0.2) is 41.4 Å². The smallest absolute Gasteiger partial charge is 0.325 e. The summed E-state index contributed by atoms with van der Waals surface area (Å²) in [4.78, 5) is 28.7. The van der Waals surface area contributed by atoms with Gasteiger partial charge < -0.3 is 9.30 Å². The molecule has 0 aliphatic heterocycles. The van der Waals surface area contributed by atoms with Crippen molar-refractivity contribution < 1.29 is 18.7 Å². The lowest BCUT2D eigenvalue weighted by Gasteiger charge is -2.06. The number of aromatic nitrogens is 1. The van der Waals surface area contributed by atoms with Gasteiger partial charge in [0.05, 0.1) is 22.9 Å². The quantitative estimate of drug-likeness (QED) is 0.662. The van der Waals surface area contributed by atoms with E-state index < -0.39 is 17.7 Å². The number of nitrogens with zero attached hydrogens (tertiary/aromatic N) is 2. The zero-order valence-electron chi connectivity index (χ0n) is 14.6. The molecular weight excluding hydrogens is 355 g/mol. The second-order valence-corrected chi connectivity index (χ2v) is 6.88. The third kappa shape index (κ3) is 3.43. The Morgan fingerprint density at radius 1 is 1.23 bits per heavy atom. The van der Waals surface area contributed by atoms with Crippen LogP contribution in [0.5, 0.6) is 0 Å². The predicted octanol–water partition coefficient (Wildman–Crippen LogP) is 3.37. The van der Waals surface area contributed by atoms with Crippen molar-refractivity contribution in [3.63, 3.8) is 0 Å². The molecule has 26 heavy (non-hydrogen) atoms. The number of halogens is 1. The predicted molar refractivity (Wildman–Crippen MR) is 97.6 cm³/mol. The van der Waals surface area contributed by atoms with Crippen molar-refractivity contribution in [3.05, 3.63) is 63.7 Å². The minimum atomic E-state index is -0.692. The topological polar surface area (TPSA) is 60.7 Å². The maximum Gasteiger partial charge on any atom is 0.325 e. The summed E-state index contributed by atoms with van der Waals surface area (Å²) in [6.45, 7) is 3.82. The van der Waals surface area contributed by atoms with Crippen LogP contribution in [-0.2, 0) is 16.1 Å². The molecule has 0 atom stereocenters. The fraction of sp³-hybridized carbons (Fsp3) is 0.211. The van der Waals surface area contributed by atoms with Gasteiger partial charge in [0.2, 0.25) is 0 Å². The molecule has 1 heterocycles. The van der Waals surface area contributed by atoms with Gasteiger partial charge >= 0.3 is 5.97 Å². The molecule has 0 saturated carbocycles. The van der Waals surface area contributed by atoms with Gasteiger partial charge in [0.15, 0.2) is 4.80 Å². The highest BCUT2D eigenvalue weighted by atomic mass is 32.1. The lowest BCUT2D eigenvalue weighted by Crippen LogP contribution is -2.23. The van der Waals surface area contributed by atoms with Gasteiger partial charge in [-0.2, -0.15) is 4.99 Å². The molecule has 0 N–H and O–H groups in total. The average Bonchev–Trinajstić information content (AvgIpc) is 2.92. The lowest BCUT2D eigenvalue weighted by atomic mass is 10.1. The van der Waals surface area contributed by atoms with Crippen LogP contribution >= 0.6 is 11.3 Å². The number of ether oxygens (including phenoxy) is 1. The van der Waals surface area contributed by atoms with E-state index in [1.54, 1.807) is 10.6 Å². The SMILES string of the molecule is COC(=O)Cn1c(=NC(=O)c2ccccc2F)sc2cc(C)cc(C)c21. The molecule has 0 aliphatic rings. The normalized spacial score (nSPS) is 11.8. The Labute approximate surface area is 153 Å². The number of esters is 1. The first kappa shape index (κ1) is 18.0. The summed E-state index contributed by atoms with van der Waals surface area (Å²) in [7, 11) is 1.30. The fourth-order valence-electron chi connectivity index (χ4n) is 2.80. The molecule has 0 bridgehead atoms. The van der Waals surface area contributed by atoms with Gasteiger partial charge in [-0.1, -0.05) is 29.5 Å². The van der Waals surface area contributed by atoms with Crippen LogP contribution in [0, 0.1) is 19.7 Å². The molecule has 0 spiro atoms. The number of benzene rings is 2. The van der Waals surface area contributed by atoms with E-state index in [-0.39, 0.29) is 12.1 Å². The van der Waals surface area contributed by atoms with E-state index in [2.05, 4.69) is 4.99 Å². The average molecular weight is 372 g/mol. The molecule has 3 rings (SSSR count). The van der Waals surface area contributed by atoms with Gasteiger partial charge in [0.25, 0.3) is 5.91 Å². The van der Waals surface area contributed by atoms with Crippen LogP contribution in [0.3, 0.4) is 0 Å². The molecule has 1 aromatic heterocycles. The van der Waals surface area contributed by atoms with Crippen LogP contribution in [0.25, 0.3) is 10.2 Å². The Kier molecular flexibility index (Phi) is 4.99. The number of aryl methyl sites for hydroxylation is 2. The molecule has 1 amide bonds. The summed E-state index contributed by atoms with van der Waals surface area (Å²) in [6.07, 6.45) is 0. The molecule has 2 aromatic carbocycles. The second kappa shape index (κ2) is 7.21. The third-order valence-corrected chi connectivity index (χ3v) is 4.95. The number of carbonyl (C=O) groups excluding carboxylic acids is 2. The van der Waals surface area contributed by atoms with Crippen LogP contribution in [0.1, 0.15) is 21.5 Å². The van der Waals surface area contributed by atoms with Crippen LogP contribution in [0.4, 0.5) is 4.39 Å². The van der Waals surface area contributed by atoms with Gasteiger partial charge in [-0.25, -0.2) is 4.39 Å². The fourth-order valence-corrected chi connectivity index (χ4v) is 4.00. The Hall–Kier alpha value is -2.80. The molecule has 5 nitrogen and oxygen atoms in total. The highest BCUT2D eigenvalue weighted by Gasteiger charge is 2.15. The highest BCUT2D eigenvalue weighted by molar-refractivity contribution is 7.16. The molecule has 0 radical (unpaired) electrons. The van der Waals surface area contributed by atoms with Crippen molar-refractivity contribution in [1.29, 1.82) is 0 Å². The van der Waals surface area contributed by atoms with E-state index in [9.17, 15) is 14.0 Å². The first-order valence-electron chi connectivity index (χ1n) is 7.91. The van der Waals surface area contributed by atoms with Crippen molar-refractivity contribution in [2.75, 3.05) is 7.11 Å². The Morgan fingerprint density at radius 3 is 2.65 bits per heavy atom. The largest absolute Gasteiger partial charge is 0.468 e. The van der Waals surface area contributed by atoms with Gasteiger partial charge in [-0.15, -0.1) is 0 Å². The zero-order chi connectivity index (χ0) is 18.8. The van der Waals surface area contributed by atoms with E-state index >= 15 is 0 Å². The number of rotatable bonds is 3. The Morgan fingerprint density at radius 2 is 1.96 bits per heavy atom. The van der Waals surface area contributed by atoms with Gasteiger partial charge in [0, 0.05) is 0 Å². The summed E-state index contributed by atoms with van der Waals surface area (Å²) in [5, 5.41) is 0. The van der Waals surface area contributed by atoms with Crippen LogP contribution in [0.2, 0.25) is 0 Å². The first-order chi connectivity index (χ1) is 12.4. The second-order valence-electron chi connectivity index (χ2n) is 5.87. The van der Waals surface area contributed by atoms with Gasteiger partial charge in [-0.05, 0) is 43.2 Å². The summed E-state index contributed by atoms with van der Waals surface area (Å²) in [5.41, 5.74) is 2.72. The number of carbonyl (C=O) groups is 2. The molecule has 0 aliphatic carbocycles. The van der Waals surface area contributed by atoms with Crippen molar-refractivity contribution in [2.24, 2.45) is 4.99 Å². The number of fused-ring (bicyclic) bond motifs is 1. The van der Waals surface area contributed by atoms with E-state index in [1.807, 2.05) is 26.0 Å². The molecule has 0 fully saturated rings. The maximum absolute atomic E-state index is 13.9. The van der Waals surface area contributed by atoms with E-state index in [0.29, 0.717) is 4.80 Å². The maximum atomic E-state index is 13.9. The number of hydrogen-bond donors (Lipinski definition) is 0. The molecule has 0 unspecified atom stereocenters. The zero-order valence-corrected chi connectivity index (χ0v) is 15.4. The van der Waals surface area contributed by atoms with Crippen molar-refractivity contribution >= 4 is 33.4 Å². The summed E-state index contributed by atoms with van der Waals surface area (Å²) in [6, 6.07) is 9.64. The molecule has 7 heteroatoms. The summed E-state index contributed by atoms with van der Waals surface area (Å²) < 4.78 is 21.2. The standard InChI is InChI=1S/C19H17FN2O3S/c1-11-8-12(2)17-15(9-11)26-19(22(17)10-16(23)25-3)21-18(24)13-6-4-5-7-14(13)20/h4-9H,10H2,1-3H3. The Balaban J connectivity index is 2.22. The number of amides is 1. The minimum absolute atomic E-state index is 0.0796. The Bertz CT molecular complexity index is 1080. The molecule has 0 saturated heterocycles.